The average molecular weight is 348 g/mol. The predicted molar refractivity (Wildman–Crippen MR) is 94.9 cm³/mol. The standard InChI is InChI=1S/C18H19BF2O2S/c1-17(2)18(3,4)23-19(22-17)16(21)11-13-10-12(7-8-14(13)20)15-6-5-9-24-15/h5-11H,1-4H3. The van der Waals surface area contributed by atoms with Crippen LogP contribution in [0.25, 0.3) is 16.5 Å². The summed E-state index contributed by atoms with van der Waals surface area (Å²) in [6.45, 7) is 7.38. The van der Waals surface area contributed by atoms with Crippen molar-refractivity contribution in [2.24, 2.45) is 0 Å². The predicted octanol–water partition coefficient (Wildman–Crippen LogP) is 5.50. The van der Waals surface area contributed by atoms with Crippen molar-refractivity contribution in [3.8, 4) is 10.4 Å². The van der Waals surface area contributed by atoms with Gasteiger partial charge in [0.1, 0.15) is 11.5 Å². The van der Waals surface area contributed by atoms with Crippen LogP contribution in [0.5, 0.6) is 0 Å². The smallest absolute Gasteiger partial charge is 0.398 e. The summed E-state index contributed by atoms with van der Waals surface area (Å²) in [4.78, 5) is 1.00. The first kappa shape index (κ1) is 17.3. The highest BCUT2D eigenvalue weighted by molar-refractivity contribution is 7.13. The largest absolute Gasteiger partial charge is 0.525 e. The number of hydrogen-bond acceptors (Lipinski definition) is 3. The molecule has 24 heavy (non-hydrogen) atoms. The summed E-state index contributed by atoms with van der Waals surface area (Å²) < 4.78 is 40.0. The van der Waals surface area contributed by atoms with Crippen LogP contribution < -0.4 is 0 Å². The van der Waals surface area contributed by atoms with Gasteiger partial charge in [-0.05, 0) is 62.9 Å². The van der Waals surface area contributed by atoms with Crippen LogP contribution in [0.1, 0.15) is 33.3 Å². The van der Waals surface area contributed by atoms with Gasteiger partial charge in [-0.2, -0.15) is 0 Å². The van der Waals surface area contributed by atoms with Crippen LogP contribution in [0.3, 0.4) is 0 Å². The Labute approximate surface area is 145 Å². The Kier molecular flexibility index (Phi) is 4.40. The molecule has 0 aliphatic carbocycles. The molecule has 2 nitrogen and oxygen atoms in total. The summed E-state index contributed by atoms with van der Waals surface area (Å²) in [6.07, 6.45) is 1.15. The number of halogens is 2. The number of rotatable bonds is 3. The van der Waals surface area contributed by atoms with E-state index in [1.54, 1.807) is 23.5 Å². The lowest BCUT2D eigenvalue weighted by molar-refractivity contribution is 0.00578. The van der Waals surface area contributed by atoms with Crippen molar-refractivity contribution in [2.75, 3.05) is 0 Å². The van der Waals surface area contributed by atoms with Gasteiger partial charge in [-0.1, -0.05) is 12.1 Å². The highest BCUT2D eigenvalue weighted by Gasteiger charge is 2.53. The molecule has 1 aliphatic rings. The zero-order valence-corrected chi connectivity index (χ0v) is 14.9. The molecule has 0 radical (unpaired) electrons. The normalized spacial score (nSPS) is 19.8. The molecule has 6 heteroatoms. The second-order valence-electron chi connectivity index (χ2n) is 6.83. The van der Waals surface area contributed by atoms with Crippen LogP contribution in [0.15, 0.2) is 41.4 Å². The maximum absolute atomic E-state index is 14.6. The number of benzene rings is 1. The van der Waals surface area contributed by atoms with Crippen LogP contribution in [-0.2, 0) is 9.31 Å². The van der Waals surface area contributed by atoms with Crippen LogP contribution in [0, 0.1) is 5.82 Å². The molecule has 1 saturated heterocycles. The van der Waals surface area contributed by atoms with Crippen molar-refractivity contribution in [2.45, 2.75) is 38.9 Å². The molecule has 0 spiro atoms. The SMILES string of the molecule is CC1(C)OB(C(F)=Cc2cc(-c3cccs3)ccc2F)OC1(C)C. The van der Waals surface area contributed by atoms with Gasteiger partial charge in [0.2, 0.25) is 0 Å². The molecule has 1 aliphatic heterocycles. The first-order chi connectivity index (χ1) is 11.2. The summed E-state index contributed by atoms with van der Waals surface area (Å²) in [6, 6.07) is 8.52. The van der Waals surface area contributed by atoms with Crippen molar-refractivity contribution >= 4 is 24.5 Å². The third-order valence-corrected chi connectivity index (χ3v) is 5.49. The third kappa shape index (κ3) is 3.18. The molecule has 1 fully saturated rings. The highest BCUT2D eigenvalue weighted by Crippen LogP contribution is 2.39. The van der Waals surface area contributed by atoms with E-state index in [0.29, 0.717) is 0 Å². The van der Waals surface area contributed by atoms with Gasteiger partial charge >= 0.3 is 7.12 Å². The van der Waals surface area contributed by atoms with Crippen molar-refractivity contribution in [3.63, 3.8) is 0 Å². The van der Waals surface area contributed by atoms with Crippen LogP contribution in [0.2, 0.25) is 0 Å². The summed E-state index contributed by atoms with van der Waals surface area (Å²) in [5.41, 5.74) is -0.899. The Morgan fingerprint density at radius 1 is 1.12 bits per heavy atom. The Bertz CT molecular complexity index is 753. The molecule has 0 bridgehead atoms. The van der Waals surface area contributed by atoms with E-state index in [1.165, 1.54) is 6.07 Å². The lowest BCUT2D eigenvalue weighted by atomic mass is 9.86. The topological polar surface area (TPSA) is 18.5 Å². The second-order valence-corrected chi connectivity index (χ2v) is 7.78. The van der Waals surface area contributed by atoms with Gasteiger partial charge in [0.05, 0.1) is 11.2 Å². The molecular formula is C18H19BF2O2S. The molecule has 0 unspecified atom stereocenters. The lowest BCUT2D eigenvalue weighted by Gasteiger charge is -2.32. The van der Waals surface area contributed by atoms with Crippen LogP contribution >= 0.6 is 11.3 Å². The first-order valence-corrected chi connectivity index (χ1v) is 8.64. The van der Waals surface area contributed by atoms with Crippen LogP contribution in [-0.4, -0.2) is 18.3 Å². The van der Waals surface area contributed by atoms with E-state index in [9.17, 15) is 8.78 Å². The molecule has 1 aromatic carbocycles. The summed E-state index contributed by atoms with van der Waals surface area (Å²) in [5.74, 6) is -0.484. The van der Waals surface area contributed by atoms with E-state index in [4.69, 9.17) is 9.31 Å². The monoisotopic (exact) mass is 348 g/mol. The van der Waals surface area contributed by atoms with E-state index >= 15 is 0 Å². The number of hydrogen-bond donors (Lipinski definition) is 0. The van der Waals surface area contributed by atoms with Crippen molar-refractivity contribution in [3.05, 3.63) is 52.8 Å². The minimum absolute atomic E-state index is 0.174. The Morgan fingerprint density at radius 3 is 2.38 bits per heavy atom. The molecular weight excluding hydrogens is 329 g/mol. The van der Waals surface area contributed by atoms with Crippen LogP contribution in [0.4, 0.5) is 8.78 Å². The highest BCUT2D eigenvalue weighted by atomic mass is 32.1. The van der Waals surface area contributed by atoms with Crippen molar-refractivity contribution in [1.29, 1.82) is 0 Å². The molecule has 0 saturated carbocycles. The fourth-order valence-corrected chi connectivity index (χ4v) is 3.15. The van der Waals surface area contributed by atoms with Gasteiger partial charge in [0.15, 0.2) is 0 Å². The Hall–Kier alpha value is -1.50. The van der Waals surface area contributed by atoms with Gasteiger partial charge in [-0.15, -0.1) is 11.3 Å². The van der Waals surface area contributed by atoms with Crippen molar-refractivity contribution < 1.29 is 18.1 Å². The Balaban J connectivity index is 1.90. The van der Waals surface area contributed by atoms with Crippen molar-refractivity contribution in [1.82, 2.24) is 0 Å². The van der Waals surface area contributed by atoms with Gasteiger partial charge in [-0.3, -0.25) is 0 Å². The van der Waals surface area contributed by atoms with E-state index in [0.717, 1.165) is 16.5 Å². The summed E-state index contributed by atoms with van der Waals surface area (Å²) >= 11 is 1.55. The zero-order valence-electron chi connectivity index (χ0n) is 14.1. The summed E-state index contributed by atoms with van der Waals surface area (Å²) in [5, 5.41) is 1.94. The molecule has 0 N–H and O–H groups in total. The van der Waals surface area contributed by atoms with Gasteiger partial charge in [0, 0.05) is 10.4 Å². The molecule has 0 atom stereocenters. The molecule has 1 aromatic heterocycles. The Morgan fingerprint density at radius 2 is 1.79 bits per heavy atom. The average Bonchev–Trinajstić information content (AvgIpc) is 3.08. The van der Waals surface area contributed by atoms with Gasteiger partial charge < -0.3 is 9.31 Å². The van der Waals surface area contributed by atoms with Gasteiger partial charge in [-0.25, -0.2) is 8.78 Å². The van der Waals surface area contributed by atoms with E-state index in [2.05, 4.69) is 0 Å². The summed E-state index contributed by atoms with van der Waals surface area (Å²) in [7, 11) is -1.13. The fourth-order valence-electron chi connectivity index (χ4n) is 2.42. The molecule has 2 aromatic rings. The maximum Gasteiger partial charge on any atom is 0.525 e. The fraction of sp³-hybridized carbons (Fsp3) is 0.333. The van der Waals surface area contributed by atoms with E-state index in [1.807, 2.05) is 45.2 Å². The van der Waals surface area contributed by atoms with Gasteiger partial charge in [0.25, 0.3) is 0 Å². The quantitative estimate of drug-likeness (QED) is 0.683. The second kappa shape index (κ2) is 6.10. The van der Waals surface area contributed by atoms with E-state index in [-0.39, 0.29) is 5.56 Å². The minimum Gasteiger partial charge on any atom is -0.398 e. The molecule has 3 rings (SSSR count). The maximum atomic E-state index is 14.6. The van der Waals surface area contributed by atoms with E-state index < -0.39 is 29.9 Å². The minimum atomic E-state index is -1.13. The molecule has 126 valence electrons. The third-order valence-electron chi connectivity index (χ3n) is 4.57. The number of thiophene rings is 1. The first-order valence-electron chi connectivity index (χ1n) is 7.76. The molecule has 2 heterocycles. The molecule has 0 amide bonds. The zero-order chi connectivity index (χ0) is 17.5. The lowest BCUT2D eigenvalue weighted by Crippen LogP contribution is -2.41.